The first-order chi connectivity index (χ1) is 19.2. The van der Waals surface area contributed by atoms with Crippen molar-refractivity contribution in [1.82, 2.24) is 20.2 Å². The molecule has 0 radical (unpaired) electrons. The Morgan fingerprint density at radius 3 is 2.26 bits per heavy atom. The monoisotopic (exact) mass is 617 g/mol. The number of amides is 2. The van der Waals surface area contributed by atoms with Crippen LogP contribution >= 0.6 is 0 Å². The van der Waals surface area contributed by atoms with Crippen LogP contribution in [0.2, 0.25) is 18.1 Å². The van der Waals surface area contributed by atoms with Crippen LogP contribution < -0.4 is 10.2 Å². The maximum Gasteiger partial charge on any atom is 0.419 e. The number of piperidine rings is 1. The lowest BCUT2D eigenvalue weighted by Crippen LogP contribution is -2.60. The van der Waals surface area contributed by atoms with E-state index < -0.39 is 37.9 Å². The van der Waals surface area contributed by atoms with Crippen molar-refractivity contribution >= 4 is 26.3 Å². The average molecular weight is 618 g/mol. The predicted molar refractivity (Wildman–Crippen MR) is 155 cm³/mol. The number of alkyl halides is 3. The summed E-state index contributed by atoms with van der Waals surface area (Å²) in [6, 6.07) is -0.591. The summed E-state index contributed by atoms with van der Waals surface area (Å²) in [5.74, 6) is 0.0678. The Morgan fingerprint density at radius 1 is 1.10 bits per heavy atom. The van der Waals surface area contributed by atoms with Crippen molar-refractivity contribution in [1.29, 1.82) is 0 Å². The molecule has 2 aliphatic rings. The normalized spacial score (nSPS) is 23.2. The third-order valence-electron chi connectivity index (χ3n) is 7.93. The average Bonchev–Trinajstić information content (AvgIpc) is 3.20. The number of rotatable bonds is 8. The van der Waals surface area contributed by atoms with Gasteiger partial charge < -0.3 is 29.0 Å². The molecule has 238 valence electrons. The van der Waals surface area contributed by atoms with Crippen LogP contribution in [0, 0.1) is 0 Å². The fourth-order valence-electron chi connectivity index (χ4n) is 4.71. The molecule has 42 heavy (non-hydrogen) atoms. The zero-order chi connectivity index (χ0) is 31.7. The summed E-state index contributed by atoms with van der Waals surface area (Å²) in [6.45, 7) is 19.2. The highest BCUT2D eigenvalue weighted by Gasteiger charge is 2.47. The lowest BCUT2D eigenvalue weighted by Gasteiger charge is -2.47. The Hall–Kier alpha value is -2.45. The summed E-state index contributed by atoms with van der Waals surface area (Å²) in [6.07, 6.45) is -3.46. The quantitative estimate of drug-likeness (QED) is 0.407. The molecule has 1 aromatic rings. The highest BCUT2D eigenvalue weighted by atomic mass is 28.4. The highest BCUT2D eigenvalue weighted by Crippen LogP contribution is 2.39. The van der Waals surface area contributed by atoms with E-state index in [1.807, 2.05) is 9.80 Å². The van der Waals surface area contributed by atoms with E-state index in [1.54, 1.807) is 27.7 Å². The first-order valence-corrected chi connectivity index (χ1v) is 17.3. The van der Waals surface area contributed by atoms with Crippen LogP contribution in [-0.4, -0.2) is 91.3 Å². The Balaban J connectivity index is 1.70. The molecule has 2 amide bonds. The van der Waals surface area contributed by atoms with Crippen LogP contribution in [0.15, 0.2) is 12.4 Å². The fourth-order valence-corrected chi connectivity index (χ4v) is 6.06. The fraction of sp³-hybridized carbons (Fsp3) is 0.786. The zero-order valence-electron chi connectivity index (χ0n) is 26.2. The molecular weight excluding hydrogens is 571 g/mol. The van der Waals surface area contributed by atoms with E-state index >= 15 is 0 Å². The van der Waals surface area contributed by atoms with Crippen LogP contribution in [0.3, 0.4) is 0 Å². The molecule has 2 fully saturated rings. The molecule has 3 heterocycles. The second kappa shape index (κ2) is 12.6. The number of nitrogens with zero attached hydrogens (tertiary/aromatic N) is 4. The van der Waals surface area contributed by atoms with Crippen LogP contribution in [0.1, 0.15) is 66.9 Å². The smallest absolute Gasteiger partial charge is 0.419 e. The molecule has 2 saturated heterocycles. The number of ether oxygens (including phenoxy) is 2. The van der Waals surface area contributed by atoms with E-state index in [2.05, 4.69) is 49.1 Å². The van der Waals surface area contributed by atoms with Gasteiger partial charge in [-0.25, -0.2) is 14.8 Å². The van der Waals surface area contributed by atoms with E-state index in [0.29, 0.717) is 32.5 Å². The minimum absolute atomic E-state index is 0.0946. The molecule has 10 nitrogen and oxygen atoms in total. The van der Waals surface area contributed by atoms with Gasteiger partial charge in [-0.1, -0.05) is 20.8 Å². The maximum atomic E-state index is 13.5. The Labute approximate surface area is 247 Å². The molecule has 0 bridgehead atoms. The number of hydrogen-bond donors (Lipinski definition) is 1. The van der Waals surface area contributed by atoms with E-state index in [0.717, 1.165) is 12.4 Å². The van der Waals surface area contributed by atoms with Crippen molar-refractivity contribution in [2.45, 2.75) is 116 Å². The minimum atomic E-state index is -4.52. The third kappa shape index (κ3) is 8.79. The van der Waals surface area contributed by atoms with E-state index in [4.69, 9.17) is 13.9 Å². The molecule has 2 aliphatic heterocycles. The van der Waals surface area contributed by atoms with E-state index in [9.17, 15) is 22.8 Å². The summed E-state index contributed by atoms with van der Waals surface area (Å²) in [5, 5.41) is 2.63. The van der Waals surface area contributed by atoms with Crippen molar-refractivity contribution in [3.63, 3.8) is 0 Å². The third-order valence-corrected chi connectivity index (χ3v) is 12.4. The van der Waals surface area contributed by atoms with Gasteiger partial charge in [-0.05, 0) is 52.2 Å². The first-order valence-electron chi connectivity index (χ1n) is 14.4. The second-order valence-electron chi connectivity index (χ2n) is 13.7. The molecule has 3 rings (SSSR count). The van der Waals surface area contributed by atoms with Gasteiger partial charge in [0.25, 0.3) is 5.91 Å². The van der Waals surface area contributed by atoms with Crippen LogP contribution in [0.5, 0.6) is 0 Å². The van der Waals surface area contributed by atoms with E-state index in [-0.39, 0.29) is 41.7 Å². The number of hydrogen-bond acceptors (Lipinski definition) is 8. The number of likely N-dealkylation sites (tertiary alicyclic amines) is 1. The number of anilines is 1. The number of aromatic nitrogens is 2. The number of nitrogens with one attached hydrogen (secondary N) is 1. The lowest BCUT2D eigenvalue weighted by molar-refractivity contribution is -0.141. The molecule has 14 heteroatoms. The molecular formula is C28H46F3N5O5Si. The van der Waals surface area contributed by atoms with Crippen molar-refractivity contribution in [3.8, 4) is 0 Å². The standard InChI is InChI=1S/C28H46F3N5O5Si/c1-18(34-25(38)40-26(2,3)4)17-39-21-11-13-36(23(21)37)20-10-12-35(16-22(20)41-42(8,9)27(5,6)7)24-32-14-19(15-33-24)28(29,30)31/h14-15,18,20-22H,10-13,16-17H2,1-9H3,(H,34,38)/t18-,20?,21+,22?/m0/s1. The van der Waals surface area contributed by atoms with Crippen molar-refractivity contribution in [2.24, 2.45) is 0 Å². The Morgan fingerprint density at radius 2 is 1.71 bits per heavy atom. The first kappa shape index (κ1) is 34.0. The lowest BCUT2D eigenvalue weighted by atomic mass is 10.0. The second-order valence-corrected chi connectivity index (χ2v) is 18.4. The van der Waals surface area contributed by atoms with Crippen molar-refractivity contribution in [2.75, 3.05) is 31.1 Å². The van der Waals surface area contributed by atoms with Gasteiger partial charge in [0.05, 0.1) is 30.4 Å². The molecule has 4 atom stereocenters. The van der Waals surface area contributed by atoms with Gasteiger partial charge in [-0.15, -0.1) is 0 Å². The molecule has 2 unspecified atom stereocenters. The predicted octanol–water partition coefficient (Wildman–Crippen LogP) is 5.00. The summed E-state index contributed by atoms with van der Waals surface area (Å²) >= 11 is 0. The number of carbonyl (C=O) groups excluding carboxylic acids is 2. The molecule has 0 aliphatic carbocycles. The van der Waals surface area contributed by atoms with Gasteiger partial charge in [0.2, 0.25) is 5.95 Å². The summed E-state index contributed by atoms with van der Waals surface area (Å²) in [5.41, 5.74) is -1.52. The summed E-state index contributed by atoms with van der Waals surface area (Å²) < 4.78 is 57.2. The summed E-state index contributed by atoms with van der Waals surface area (Å²) in [4.78, 5) is 37.2. The largest absolute Gasteiger partial charge is 0.444 e. The van der Waals surface area contributed by atoms with E-state index in [1.165, 1.54) is 0 Å². The number of halogens is 3. The van der Waals surface area contributed by atoms with Gasteiger partial charge in [-0.2, -0.15) is 13.2 Å². The van der Waals surface area contributed by atoms with Gasteiger partial charge >= 0.3 is 12.3 Å². The zero-order valence-corrected chi connectivity index (χ0v) is 27.2. The maximum absolute atomic E-state index is 13.5. The minimum Gasteiger partial charge on any atom is -0.444 e. The number of alkyl carbamates (subject to hydrolysis) is 1. The topological polar surface area (TPSA) is 106 Å². The molecule has 1 aromatic heterocycles. The SMILES string of the molecule is C[C@@H](CO[C@@H]1CCN(C2CCN(c3ncc(C(F)(F)F)cn3)CC2O[Si](C)(C)C(C)(C)C)C1=O)NC(=O)OC(C)(C)C. The van der Waals surface area contributed by atoms with Gasteiger partial charge in [-0.3, -0.25) is 4.79 Å². The molecule has 0 spiro atoms. The van der Waals surface area contributed by atoms with Crippen LogP contribution in [0.4, 0.5) is 23.9 Å². The van der Waals surface area contributed by atoms with Gasteiger partial charge in [0.15, 0.2) is 8.32 Å². The Kier molecular flexibility index (Phi) is 10.3. The van der Waals surface area contributed by atoms with Crippen LogP contribution in [-0.2, 0) is 24.9 Å². The highest BCUT2D eigenvalue weighted by molar-refractivity contribution is 6.74. The molecule has 0 saturated carbocycles. The van der Waals surface area contributed by atoms with Crippen molar-refractivity contribution < 1.29 is 36.7 Å². The van der Waals surface area contributed by atoms with Crippen molar-refractivity contribution in [3.05, 3.63) is 18.0 Å². The summed E-state index contributed by atoms with van der Waals surface area (Å²) in [7, 11) is -2.29. The molecule has 1 N–H and O–H groups in total. The molecule has 0 aromatic carbocycles. The van der Waals surface area contributed by atoms with Crippen LogP contribution in [0.25, 0.3) is 0 Å². The number of carbonyl (C=O) groups is 2. The van der Waals surface area contributed by atoms with Gasteiger partial charge in [0, 0.05) is 38.4 Å². The van der Waals surface area contributed by atoms with Gasteiger partial charge in [0.1, 0.15) is 11.7 Å². The Bertz CT molecular complexity index is 1090.